The van der Waals surface area contributed by atoms with Gasteiger partial charge in [-0.15, -0.1) is 0 Å². The third-order valence-corrected chi connectivity index (χ3v) is 14.3. The highest BCUT2D eigenvalue weighted by molar-refractivity contribution is 7.45. The van der Waals surface area contributed by atoms with Crippen LogP contribution in [-0.4, -0.2) is 70.0 Å². The van der Waals surface area contributed by atoms with Gasteiger partial charge in [0.1, 0.15) is 19.8 Å². The molecular formula is C62H116NO8P. The fourth-order valence-corrected chi connectivity index (χ4v) is 9.44. The Bertz CT molecular complexity index is 1360. The van der Waals surface area contributed by atoms with Crippen molar-refractivity contribution in [1.82, 2.24) is 0 Å². The number of hydrogen-bond donors (Lipinski definition) is 0. The minimum atomic E-state index is -4.63. The van der Waals surface area contributed by atoms with Crippen molar-refractivity contribution in [2.45, 2.75) is 290 Å². The fraction of sp³-hybridized carbons (Fsp3) is 0.839. The molecule has 9 nitrogen and oxygen atoms in total. The average Bonchev–Trinajstić information content (AvgIpc) is 3.34. The van der Waals surface area contributed by atoms with Crippen LogP contribution in [0.4, 0.5) is 0 Å². The van der Waals surface area contributed by atoms with Gasteiger partial charge in [-0.1, -0.05) is 268 Å². The summed E-state index contributed by atoms with van der Waals surface area (Å²) in [6.07, 6.45) is 67.7. The molecule has 0 spiro atoms. The number of hydrogen-bond acceptors (Lipinski definition) is 8. The molecule has 0 aliphatic rings. The summed E-state index contributed by atoms with van der Waals surface area (Å²) in [5.74, 6) is -0.820. The van der Waals surface area contributed by atoms with Crippen molar-refractivity contribution in [2.75, 3.05) is 47.5 Å². The lowest BCUT2D eigenvalue weighted by Crippen LogP contribution is -2.37. The molecular weight excluding hydrogens is 918 g/mol. The van der Waals surface area contributed by atoms with Gasteiger partial charge in [-0.3, -0.25) is 14.2 Å². The van der Waals surface area contributed by atoms with Crippen LogP contribution in [0.5, 0.6) is 0 Å². The van der Waals surface area contributed by atoms with E-state index in [-0.39, 0.29) is 32.0 Å². The van der Waals surface area contributed by atoms with E-state index in [0.29, 0.717) is 17.4 Å². The van der Waals surface area contributed by atoms with Crippen molar-refractivity contribution in [1.29, 1.82) is 0 Å². The Morgan fingerprint density at radius 2 is 0.792 bits per heavy atom. The predicted molar refractivity (Wildman–Crippen MR) is 305 cm³/mol. The Labute approximate surface area is 445 Å². The second-order valence-corrected chi connectivity index (χ2v) is 23.1. The number of rotatable bonds is 56. The maximum absolute atomic E-state index is 12.8. The molecule has 10 heteroatoms. The van der Waals surface area contributed by atoms with Gasteiger partial charge in [0.05, 0.1) is 27.7 Å². The van der Waals surface area contributed by atoms with Crippen molar-refractivity contribution >= 4 is 19.8 Å². The van der Waals surface area contributed by atoms with Crippen LogP contribution in [-0.2, 0) is 32.7 Å². The summed E-state index contributed by atoms with van der Waals surface area (Å²) < 4.78 is 34.1. The summed E-state index contributed by atoms with van der Waals surface area (Å²) in [5.41, 5.74) is 0. The van der Waals surface area contributed by atoms with Crippen molar-refractivity contribution in [2.24, 2.45) is 0 Å². The Balaban J connectivity index is 3.88. The molecule has 0 saturated heterocycles. The zero-order valence-electron chi connectivity index (χ0n) is 47.9. The Morgan fingerprint density at radius 3 is 1.18 bits per heavy atom. The maximum Gasteiger partial charge on any atom is 0.306 e. The summed E-state index contributed by atoms with van der Waals surface area (Å²) in [5, 5.41) is 0. The molecule has 0 aromatic heterocycles. The first kappa shape index (κ1) is 70.0. The molecule has 0 bridgehead atoms. The number of phosphoric ester groups is 1. The molecule has 2 unspecified atom stereocenters. The van der Waals surface area contributed by atoms with Crippen LogP contribution < -0.4 is 4.89 Å². The zero-order chi connectivity index (χ0) is 52.7. The second kappa shape index (κ2) is 53.8. The van der Waals surface area contributed by atoms with Gasteiger partial charge in [0, 0.05) is 12.8 Å². The van der Waals surface area contributed by atoms with Gasteiger partial charge in [0.2, 0.25) is 0 Å². The molecule has 0 rings (SSSR count). The minimum absolute atomic E-state index is 0.0279. The molecule has 0 aliphatic heterocycles. The molecule has 0 radical (unpaired) electrons. The highest BCUT2D eigenvalue weighted by atomic mass is 31.2. The van der Waals surface area contributed by atoms with Crippen LogP contribution in [0.2, 0.25) is 0 Å². The second-order valence-electron chi connectivity index (χ2n) is 21.7. The molecule has 0 saturated carbocycles. The number of allylic oxidation sites excluding steroid dienone is 8. The van der Waals surface area contributed by atoms with Gasteiger partial charge in [0.15, 0.2) is 6.10 Å². The Hall–Kier alpha value is -2.03. The highest BCUT2D eigenvalue weighted by Crippen LogP contribution is 2.38. The van der Waals surface area contributed by atoms with E-state index < -0.39 is 26.5 Å². The monoisotopic (exact) mass is 1030 g/mol. The molecule has 0 aromatic carbocycles. The van der Waals surface area contributed by atoms with E-state index in [1.54, 1.807) is 0 Å². The van der Waals surface area contributed by atoms with Crippen LogP contribution in [0.3, 0.4) is 0 Å². The summed E-state index contributed by atoms with van der Waals surface area (Å²) in [6, 6.07) is 0. The Kier molecular flexibility index (Phi) is 52.3. The molecule has 422 valence electrons. The summed E-state index contributed by atoms with van der Waals surface area (Å²) in [7, 11) is 1.18. The van der Waals surface area contributed by atoms with Gasteiger partial charge in [0.25, 0.3) is 7.82 Å². The van der Waals surface area contributed by atoms with E-state index in [2.05, 4.69) is 62.5 Å². The van der Waals surface area contributed by atoms with E-state index in [1.807, 2.05) is 21.1 Å². The lowest BCUT2D eigenvalue weighted by atomic mass is 10.0. The number of nitrogens with zero attached hydrogens (tertiary/aromatic N) is 1. The van der Waals surface area contributed by atoms with Gasteiger partial charge in [-0.2, -0.15) is 0 Å². The summed E-state index contributed by atoms with van der Waals surface area (Å²) >= 11 is 0. The number of carbonyl (C=O) groups excluding carboxylic acids is 2. The molecule has 0 aliphatic carbocycles. The number of quaternary nitrogens is 1. The SMILES string of the molecule is CC/C=C\C/C=C\C/C=C\C/C=C\CCCCCCCCCCCCCCCCCCCCCCCCCCC(=O)OC(COC(=O)CCCCCCCCCCCCC)COP(=O)([O-])OCC[N+](C)(C)C. The number of esters is 2. The van der Waals surface area contributed by atoms with Gasteiger partial charge in [-0.25, -0.2) is 0 Å². The number of carbonyl (C=O) groups is 2. The summed E-state index contributed by atoms with van der Waals surface area (Å²) in [4.78, 5) is 37.7. The highest BCUT2D eigenvalue weighted by Gasteiger charge is 2.22. The van der Waals surface area contributed by atoms with Crippen molar-refractivity contribution in [3.63, 3.8) is 0 Å². The Morgan fingerprint density at radius 1 is 0.444 bits per heavy atom. The molecule has 72 heavy (non-hydrogen) atoms. The number of likely N-dealkylation sites (N-methyl/N-ethyl adjacent to an activating group) is 1. The van der Waals surface area contributed by atoms with Crippen LogP contribution in [0.1, 0.15) is 284 Å². The quantitative estimate of drug-likeness (QED) is 0.0195. The number of unbranched alkanes of at least 4 members (excludes halogenated alkanes) is 34. The van der Waals surface area contributed by atoms with Crippen LogP contribution >= 0.6 is 7.82 Å². The van der Waals surface area contributed by atoms with Crippen LogP contribution in [0, 0.1) is 0 Å². The minimum Gasteiger partial charge on any atom is -0.756 e. The van der Waals surface area contributed by atoms with E-state index in [1.165, 1.54) is 193 Å². The fourth-order valence-electron chi connectivity index (χ4n) is 8.71. The van der Waals surface area contributed by atoms with Crippen LogP contribution in [0.25, 0.3) is 0 Å². The topological polar surface area (TPSA) is 111 Å². The largest absolute Gasteiger partial charge is 0.756 e. The maximum atomic E-state index is 12.8. The third-order valence-electron chi connectivity index (χ3n) is 13.4. The van der Waals surface area contributed by atoms with Gasteiger partial charge in [-0.05, 0) is 51.4 Å². The van der Waals surface area contributed by atoms with Gasteiger partial charge >= 0.3 is 11.9 Å². The predicted octanol–water partition coefficient (Wildman–Crippen LogP) is 18.3. The first-order chi connectivity index (χ1) is 35.0. The smallest absolute Gasteiger partial charge is 0.306 e. The van der Waals surface area contributed by atoms with Crippen molar-refractivity contribution in [3.8, 4) is 0 Å². The molecule has 0 amide bonds. The van der Waals surface area contributed by atoms with E-state index in [0.717, 1.165) is 57.8 Å². The van der Waals surface area contributed by atoms with Gasteiger partial charge < -0.3 is 27.9 Å². The molecule has 2 atom stereocenters. The normalized spacial score (nSPS) is 13.6. The standard InChI is InChI=1S/C62H116NO8P/c1-6-8-10-12-14-16-18-19-20-21-22-23-24-25-26-27-28-29-30-31-32-33-34-35-36-37-38-39-40-41-42-43-45-47-49-51-53-55-62(65)71-60(59-70-72(66,67)69-57-56-63(3,4)5)58-68-61(64)54-52-50-48-46-44-17-15-13-11-9-7-2/h8,10,14,16,19-20,22-23,60H,6-7,9,11-13,15,17-18,21,24-59H2,1-5H3/b10-8-,16-14-,20-19-,23-22-. The molecule has 0 N–H and O–H groups in total. The van der Waals surface area contributed by atoms with E-state index in [4.69, 9.17) is 18.5 Å². The van der Waals surface area contributed by atoms with Crippen molar-refractivity contribution in [3.05, 3.63) is 48.6 Å². The van der Waals surface area contributed by atoms with Crippen LogP contribution in [0.15, 0.2) is 48.6 Å². The third kappa shape index (κ3) is 57.3. The molecule has 0 heterocycles. The lowest BCUT2D eigenvalue weighted by molar-refractivity contribution is -0.870. The average molecular weight is 1030 g/mol. The molecule has 0 aromatic rings. The van der Waals surface area contributed by atoms with E-state index >= 15 is 0 Å². The molecule has 0 fully saturated rings. The number of ether oxygens (including phenoxy) is 2. The number of phosphoric acid groups is 1. The summed E-state index contributed by atoms with van der Waals surface area (Å²) in [6.45, 7) is 4.15. The first-order valence-electron chi connectivity index (χ1n) is 30.3. The zero-order valence-corrected chi connectivity index (χ0v) is 48.8. The van der Waals surface area contributed by atoms with E-state index in [9.17, 15) is 19.0 Å². The lowest BCUT2D eigenvalue weighted by Gasteiger charge is -2.28. The van der Waals surface area contributed by atoms with Crippen molar-refractivity contribution < 1.29 is 42.1 Å². The first-order valence-corrected chi connectivity index (χ1v) is 31.8.